The van der Waals surface area contributed by atoms with Gasteiger partial charge in [0, 0.05) is 10.2 Å². The first kappa shape index (κ1) is 25.1. The number of carbonyl (C=O) groups excluding carboxylic acids is 1. The number of nitrogens with zero attached hydrogens (tertiary/aromatic N) is 3. The monoisotopic (exact) mass is 552 g/mol. The number of carbonyl (C=O) groups is 1. The lowest BCUT2D eigenvalue weighted by Gasteiger charge is -2.13. The first-order valence-corrected chi connectivity index (χ1v) is 11.8. The van der Waals surface area contributed by atoms with Gasteiger partial charge in [0.15, 0.2) is 18.1 Å². The SMILES string of the molecule is CCOc1cc(C=Nn2c(C)nc3ccc(Br)cc3c2=O)ccc1OCC(=O)Nc1ccc(F)cc1. The number of ether oxygens (including phenoxy) is 2. The first-order valence-electron chi connectivity index (χ1n) is 11.0. The Balaban J connectivity index is 1.51. The fraction of sp³-hybridized carbons (Fsp3) is 0.154. The molecule has 36 heavy (non-hydrogen) atoms. The molecule has 4 aromatic rings. The van der Waals surface area contributed by atoms with Crippen LogP contribution in [0, 0.1) is 12.7 Å². The summed E-state index contributed by atoms with van der Waals surface area (Å²) in [5, 5.41) is 7.41. The van der Waals surface area contributed by atoms with Gasteiger partial charge in [0.05, 0.1) is 23.7 Å². The van der Waals surface area contributed by atoms with Crippen LogP contribution in [0.4, 0.5) is 10.1 Å². The Kier molecular flexibility index (Phi) is 7.74. The third kappa shape index (κ3) is 5.95. The van der Waals surface area contributed by atoms with Crippen molar-refractivity contribution in [2.75, 3.05) is 18.5 Å². The number of fused-ring (bicyclic) bond motifs is 1. The van der Waals surface area contributed by atoms with E-state index in [1.807, 2.05) is 13.0 Å². The van der Waals surface area contributed by atoms with E-state index >= 15 is 0 Å². The Bertz CT molecular complexity index is 1500. The molecular formula is C26H22BrFN4O4. The minimum absolute atomic E-state index is 0.266. The topological polar surface area (TPSA) is 94.8 Å². The van der Waals surface area contributed by atoms with Gasteiger partial charge in [0.2, 0.25) is 0 Å². The highest BCUT2D eigenvalue weighted by Crippen LogP contribution is 2.28. The standard InChI is InChI=1S/C26H22BrFN4O4/c1-3-35-24-12-17(4-11-23(24)36-15-25(33)31-20-8-6-19(28)7-9-20)14-29-32-16(2)30-22-10-5-18(27)13-21(22)26(32)34/h4-14H,3,15H2,1-2H3,(H,31,33). The fourth-order valence-electron chi connectivity index (χ4n) is 3.39. The van der Waals surface area contributed by atoms with Crippen molar-refractivity contribution in [1.82, 2.24) is 9.66 Å². The van der Waals surface area contributed by atoms with Gasteiger partial charge in [-0.1, -0.05) is 15.9 Å². The molecule has 4 rings (SSSR count). The lowest BCUT2D eigenvalue weighted by Crippen LogP contribution is -2.20. The Labute approximate surface area is 214 Å². The molecule has 0 saturated carbocycles. The molecule has 1 N–H and O–H groups in total. The highest BCUT2D eigenvalue weighted by molar-refractivity contribution is 9.10. The molecule has 0 aliphatic rings. The minimum atomic E-state index is -0.403. The van der Waals surface area contributed by atoms with E-state index in [0.717, 1.165) is 4.47 Å². The fourth-order valence-corrected chi connectivity index (χ4v) is 3.75. The number of aromatic nitrogens is 2. The van der Waals surface area contributed by atoms with Crippen molar-refractivity contribution in [3.05, 3.63) is 92.7 Å². The smallest absolute Gasteiger partial charge is 0.282 e. The van der Waals surface area contributed by atoms with Gasteiger partial charge in [-0.15, -0.1) is 0 Å². The molecular weight excluding hydrogens is 531 g/mol. The third-order valence-corrected chi connectivity index (χ3v) is 5.54. The van der Waals surface area contributed by atoms with Crippen LogP contribution in [-0.2, 0) is 4.79 Å². The van der Waals surface area contributed by atoms with Crippen molar-refractivity contribution < 1.29 is 18.7 Å². The maximum absolute atomic E-state index is 13.0. The molecule has 0 bridgehead atoms. The highest BCUT2D eigenvalue weighted by Gasteiger charge is 2.11. The van der Waals surface area contributed by atoms with E-state index in [0.29, 0.717) is 46.1 Å². The van der Waals surface area contributed by atoms with Gasteiger partial charge in [-0.2, -0.15) is 9.78 Å². The highest BCUT2D eigenvalue weighted by atomic mass is 79.9. The molecule has 184 valence electrons. The number of aryl methyl sites for hydroxylation is 1. The summed E-state index contributed by atoms with van der Waals surface area (Å²) in [6, 6.07) is 15.8. The number of benzene rings is 3. The largest absolute Gasteiger partial charge is 0.490 e. The molecule has 0 aliphatic heterocycles. The summed E-state index contributed by atoms with van der Waals surface area (Å²) in [5.41, 5.74) is 1.42. The number of anilines is 1. The maximum atomic E-state index is 13.0. The van der Waals surface area contributed by atoms with Crippen LogP contribution in [0.3, 0.4) is 0 Å². The number of halogens is 2. The second-order valence-corrected chi connectivity index (χ2v) is 8.58. The van der Waals surface area contributed by atoms with Crippen LogP contribution in [0.2, 0.25) is 0 Å². The van der Waals surface area contributed by atoms with Gasteiger partial charge in [-0.25, -0.2) is 9.37 Å². The first-order chi connectivity index (χ1) is 17.3. The van der Waals surface area contributed by atoms with Gasteiger partial charge in [0.25, 0.3) is 11.5 Å². The summed E-state index contributed by atoms with van der Waals surface area (Å²) < 4.78 is 26.3. The van der Waals surface area contributed by atoms with Crippen molar-refractivity contribution in [2.24, 2.45) is 5.10 Å². The minimum Gasteiger partial charge on any atom is -0.490 e. The zero-order chi connectivity index (χ0) is 25.7. The maximum Gasteiger partial charge on any atom is 0.282 e. The number of rotatable bonds is 8. The average molecular weight is 553 g/mol. The molecule has 0 unspecified atom stereocenters. The molecule has 0 fully saturated rings. The van der Waals surface area contributed by atoms with Crippen molar-refractivity contribution >= 4 is 44.6 Å². The summed E-state index contributed by atoms with van der Waals surface area (Å²) in [7, 11) is 0. The zero-order valence-corrected chi connectivity index (χ0v) is 21.1. The number of hydrogen-bond acceptors (Lipinski definition) is 6. The van der Waals surface area contributed by atoms with Gasteiger partial charge in [-0.05, 0) is 80.1 Å². The molecule has 8 nitrogen and oxygen atoms in total. The molecule has 0 atom stereocenters. The predicted octanol–water partition coefficient (Wildman–Crippen LogP) is 4.90. The van der Waals surface area contributed by atoms with E-state index in [9.17, 15) is 14.0 Å². The zero-order valence-electron chi connectivity index (χ0n) is 19.5. The number of nitrogens with one attached hydrogen (secondary N) is 1. The van der Waals surface area contributed by atoms with E-state index in [4.69, 9.17) is 9.47 Å². The molecule has 1 heterocycles. The Morgan fingerprint density at radius 1 is 1.11 bits per heavy atom. The van der Waals surface area contributed by atoms with Gasteiger partial charge in [0.1, 0.15) is 11.6 Å². The molecule has 1 aromatic heterocycles. The second-order valence-electron chi connectivity index (χ2n) is 7.66. The van der Waals surface area contributed by atoms with Crippen LogP contribution in [0.25, 0.3) is 10.9 Å². The predicted molar refractivity (Wildman–Crippen MR) is 140 cm³/mol. The number of amides is 1. The third-order valence-electron chi connectivity index (χ3n) is 5.05. The normalized spacial score (nSPS) is 11.1. The Morgan fingerprint density at radius 2 is 1.89 bits per heavy atom. The van der Waals surface area contributed by atoms with Gasteiger partial charge >= 0.3 is 0 Å². The molecule has 3 aromatic carbocycles. The summed E-state index contributed by atoms with van der Waals surface area (Å²) in [6.45, 7) is 3.64. The van der Waals surface area contributed by atoms with E-state index < -0.39 is 5.91 Å². The van der Waals surface area contributed by atoms with Crippen molar-refractivity contribution in [3.63, 3.8) is 0 Å². The van der Waals surface area contributed by atoms with Crippen LogP contribution >= 0.6 is 15.9 Å². The lowest BCUT2D eigenvalue weighted by atomic mass is 10.2. The molecule has 0 radical (unpaired) electrons. The molecule has 1 amide bonds. The van der Waals surface area contributed by atoms with Crippen molar-refractivity contribution in [3.8, 4) is 11.5 Å². The summed E-state index contributed by atoms with van der Waals surface area (Å²) in [4.78, 5) is 29.6. The Morgan fingerprint density at radius 3 is 2.64 bits per heavy atom. The Hall–Kier alpha value is -4.05. The van der Waals surface area contributed by atoms with Crippen LogP contribution in [-0.4, -0.2) is 35.0 Å². The second kappa shape index (κ2) is 11.1. The summed E-state index contributed by atoms with van der Waals surface area (Å²) in [5.74, 6) is 0.442. The van der Waals surface area contributed by atoms with E-state index in [2.05, 4.69) is 31.3 Å². The van der Waals surface area contributed by atoms with Crippen molar-refractivity contribution in [1.29, 1.82) is 0 Å². The lowest BCUT2D eigenvalue weighted by molar-refractivity contribution is -0.118. The van der Waals surface area contributed by atoms with E-state index in [1.165, 1.54) is 35.2 Å². The van der Waals surface area contributed by atoms with Gasteiger partial charge < -0.3 is 14.8 Å². The summed E-state index contributed by atoms with van der Waals surface area (Å²) >= 11 is 3.38. The quantitative estimate of drug-likeness (QED) is 0.313. The van der Waals surface area contributed by atoms with Crippen LogP contribution in [0.1, 0.15) is 18.3 Å². The average Bonchev–Trinajstić information content (AvgIpc) is 2.85. The van der Waals surface area contributed by atoms with E-state index in [1.54, 1.807) is 37.3 Å². The van der Waals surface area contributed by atoms with Crippen LogP contribution in [0.15, 0.2) is 75.0 Å². The molecule has 0 aliphatic carbocycles. The van der Waals surface area contributed by atoms with Crippen LogP contribution in [0.5, 0.6) is 11.5 Å². The van der Waals surface area contributed by atoms with Crippen LogP contribution < -0.4 is 20.3 Å². The molecule has 0 saturated heterocycles. The molecule has 0 spiro atoms. The number of hydrogen-bond donors (Lipinski definition) is 1. The van der Waals surface area contributed by atoms with E-state index in [-0.39, 0.29) is 18.0 Å². The van der Waals surface area contributed by atoms with Crippen molar-refractivity contribution in [2.45, 2.75) is 13.8 Å². The molecule has 10 heteroatoms. The van der Waals surface area contributed by atoms with Gasteiger partial charge in [-0.3, -0.25) is 9.59 Å². The summed E-state index contributed by atoms with van der Waals surface area (Å²) in [6.07, 6.45) is 1.52.